The number of carbonyl (C=O) groups excluding carboxylic acids is 2. The van der Waals surface area contributed by atoms with Crippen molar-refractivity contribution in [3.05, 3.63) is 77.6 Å². The van der Waals surface area contributed by atoms with E-state index in [1.807, 2.05) is 41.8 Å². The zero-order chi connectivity index (χ0) is 25.7. The van der Waals surface area contributed by atoms with E-state index in [9.17, 15) is 14.0 Å². The number of hydrogen-bond donors (Lipinski definition) is 0. The first-order valence-electron chi connectivity index (χ1n) is 13.2. The molecule has 0 N–H and O–H groups in total. The second-order valence-corrected chi connectivity index (χ2v) is 9.74. The molecule has 1 heterocycles. The van der Waals surface area contributed by atoms with E-state index in [1.54, 1.807) is 18.2 Å². The third-order valence-corrected chi connectivity index (χ3v) is 7.45. The van der Waals surface area contributed by atoms with Gasteiger partial charge in [-0.3, -0.25) is 9.59 Å². The molecule has 2 aromatic carbocycles. The van der Waals surface area contributed by atoms with Gasteiger partial charge in [-0.2, -0.15) is 0 Å². The van der Waals surface area contributed by atoms with Gasteiger partial charge in [0.25, 0.3) is 5.91 Å². The number of nitrogens with zero attached hydrogens (tertiary/aromatic N) is 2. The fourth-order valence-electron chi connectivity index (χ4n) is 5.57. The van der Waals surface area contributed by atoms with Gasteiger partial charge in [0.1, 0.15) is 11.6 Å². The standard InChI is InChI=1S/C30H37FN2O3/c1-4-18-32(24-9-7-8-10-24)30(35)27(5-2)36-25-16-13-21-17-19-33(28(34)6-3)29(26(21)20-25)22-11-14-23(31)15-12-22/h4,11-16,20,24,27,29H,1,5-10,17-19H2,2-3H3/t27-,29-/m0/s1. The van der Waals surface area contributed by atoms with E-state index in [0.717, 1.165) is 48.8 Å². The van der Waals surface area contributed by atoms with Gasteiger partial charge >= 0.3 is 0 Å². The summed E-state index contributed by atoms with van der Waals surface area (Å²) in [5.74, 6) is 0.354. The van der Waals surface area contributed by atoms with Crippen LogP contribution in [0, 0.1) is 5.82 Å². The molecule has 2 atom stereocenters. The number of halogens is 1. The summed E-state index contributed by atoms with van der Waals surface area (Å²) < 4.78 is 20.0. The maximum absolute atomic E-state index is 13.7. The minimum absolute atomic E-state index is 0.0000995. The number of rotatable bonds is 9. The topological polar surface area (TPSA) is 49.9 Å². The van der Waals surface area contributed by atoms with Gasteiger partial charge < -0.3 is 14.5 Å². The Balaban J connectivity index is 1.64. The van der Waals surface area contributed by atoms with Crippen molar-refractivity contribution in [1.82, 2.24) is 9.80 Å². The lowest BCUT2D eigenvalue weighted by Crippen LogP contribution is -2.46. The van der Waals surface area contributed by atoms with Gasteiger partial charge in [0.05, 0.1) is 6.04 Å². The van der Waals surface area contributed by atoms with E-state index in [1.165, 1.54) is 12.1 Å². The first kappa shape index (κ1) is 25.9. The lowest BCUT2D eigenvalue weighted by atomic mass is 9.87. The Labute approximate surface area is 213 Å². The van der Waals surface area contributed by atoms with Gasteiger partial charge in [0.2, 0.25) is 5.91 Å². The number of benzene rings is 2. The van der Waals surface area contributed by atoms with Gasteiger partial charge in [-0.05, 0) is 66.6 Å². The third-order valence-electron chi connectivity index (χ3n) is 7.45. The molecule has 2 amide bonds. The molecular weight excluding hydrogens is 455 g/mol. The van der Waals surface area contributed by atoms with Crippen molar-refractivity contribution in [2.45, 2.75) is 77.0 Å². The second-order valence-electron chi connectivity index (χ2n) is 9.74. The Morgan fingerprint density at radius 1 is 1.17 bits per heavy atom. The highest BCUT2D eigenvalue weighted by atomic mass is 19.1. The highest BCUT2D eigenvalue weighted by Gasteiger charge is 2.34. The monoisotopic (exact) mass is 492 g/mol. The molecule has 2 aromatic rings. The molecule has 0 spiro atoms. The molecule has 5 nitrogen and oxygen atoms in total. The molecule has 1 aliphatic heterocycles. The minimum atomic E-state index is -0.593. The van der Waals surface area contributed by atoms with Gasteiger partial charge in [0.15, 0.2) is 6.10 Å². The summed E-state index contributed by atoms with van der Waals surface area (Å²) in [6.07, 6.45) is 7.22. The molecule has 4 rings (SSSR count). The molecule has 1 aliphatic carbocycles. The Bertz CT molecular complexity index is 1080. The maximum atomic E-state index is 13.7. The van der Waals surface area contributed by atoms with Crippen LogP contribution >= 0.6 is 0 Å². The highest BCUT2D eigenvalue weighted by molar-refractivity contribution is 5.82. The zero-order valence-electron chi connectivity index (χ0n) is 21.4. The van der Waals surface area contributed by atoms with E-state index in [4.69, 9.17) is 4.74 Å². The summed E-state index contributed by atoms with van der Waals surface area (Å²) in [6, 6.07) is 12.2. The zero-order valence-corrected chi connectivity index (χ0v) is 21.4. The Hall–Kier alpha value is -3.15. The summed E-state index contributed by atoms with van der Waals surface area (Å²) in [4.78, 5) is 30.2. The lowest BCUT2D eigenvalue weighted by molar-refractivity contribution is -0.140. The molecule has 1 fully saturated rings. The molecule has 2 aliphatic rings. The largest absolute Gasteiger partial charge is 0.481 e. The van der Waals surface area contributed by atoms with Crippen LogP contribution in [0.5, 0.6) is 5.75 Å². The van der Waals surface area contributed by atoms with E-state index in [0.29, 0.717) is 31.7 Å². The predicted molar refractivity (Wildman–Crippen MR) is 139 cm³/mol. The molecule has 0 unspecified atom stereocenters. The van der Waals surface area contributed by atoms with Crippen LogP contribution in [-0.4, -0.2) is 46.8 Å². The second kappa shape index (κ2) is 11.7. The van der Waals surface area contributed by atoms with E-state index in [2.05, 4.69) is 6.58 Å². The predicted octanol–water partition coefficient (Wildman–Crippen LogP) is 5.82. The molecule has 36 heavy (non-hydrogen) atoms. The minimum Gasteiger partial charge on any atom is -0.481 e. The first-order chi connectivity index (χ1) is 17.5. The average Bonchev–Trinajstić information content (AvgIpc) is 3.44. The van der Waals surface area contributed by atoms with Crippen molar-refractivity contribution >= 4 is 11.8 Å². The maximum Gasteiger partial charge on any atom is 0.264 e. The quantitative estimate of drug-likeness (QED) is 0.414. The summed E-state index contributed by atoms with van der Waals surface area (Å²) in [5.41, 5.74) is 2.96. The SMILES string of the molecule is C=CCN(C(=O)[C@H](CC)Oc1ccc2c(c1)[C@H](c1ccc(F)cc1)N(C(=O)CC)CC2)C1CCCC1. The van der Waals surface area contributed by atoms with Crippen molar-refractivity contribution in [3.63, 3.8) is 0 Å². The Morgan fingerprint density at radius 3 is 2.53 bits per heavy atom. The number of amides is 2. The Kier molecular flexibility index (Phi) is 8.44. The summed E-state index contributed by atoms with van der Waals surface area (Å²) in [6.45, 7) is 8.80. The number of carbonyl (C=O) groups is 2. The van der Waals surface area contributed by atoms with Crippen LogP contribution in [0.3, 0.4) is 0 Å². The molecule has 0 radical (unpaired) electrons. The van der Waals surface area contributed by atoms with E-state index in [-0.39, 0.29) is 29.7 Å². The fourth-order valence-corrected chi connectivity index (χ4v) is 5.57. The number of hydrogen-bond acceptors (Lipinski definition) is 3. The van der Waals surface area contributed by atoms with Crippen molar-refractivity contribution < 1.29 is 18.7 Å². The molecule has 0 aromatic heterocycles. The number of fused-ring (bicyclic) bond motifs is 1. The van der Waals surface area contributed by atoms with Gasteiger partial charge in [-0.15, -0.1) is 6.58 Å². The van der Waals surface area contributed by atoms with E-state index < -0.39 is 6.10 Å². The third kappa shape index (κ3) is 5.48. The smallest absolute Gasteiger partial charge is 0.264 e. The van der Waals surface area contributed by atoms with Crippen LogP contribution in [-0.2, 0) is 16.0 Å². The first-order valence-corrected chi connectivity index (χ1v) is 13.2. The normalized spacial score (nSPS) is 18.4. The summed E-state index contributed by atoms with van der Waals surface area (Å²) in [5, 5.41) is 0. The summed E-state index contributed by atoms with van der Waals surface area (Å²) >= 11 is 0. The molecule has 6 heteroatoms. The molecule has 1 saturated carbocycles. The van der Waals surface area contributed by atoms with Crippen molar-refractivity contribution in [1.29, 1.82) is 0 Å². The van der Waals surface area contributed by atoms with Gasteiger partial charge in [-0.25, -0.2) is 4.39 Å². The van der Waals surface area contributed by atoms with Gasteiger partial charge in [0, 0.05) is 25.6 Å². The highest BCUT2D eigenvalue weighted by Crippen LogP contribution is 2.38. The average molecular weight is 493 g/mol. The fraction of sp³-hybridized carbons (Fsp3) is 0.467. The van der Waals surface area contributed by atoms with Gasteiger partial charge in [-0.1, -0.05) is 51.0 Å². The van der Waals surface area contributed by atoms with Crippen LogP contribution in [0.15, 0.2) is 55.1 Å². The van der Waals surface area contributed by atoms with Crippen LogP contribution < -0.4 is 4.74 Å². The van der Waals surface area contributed by atoms with Crippen LogP contribution in [0.2, 0.25) is 0 Å². The van der Waals surface area contributed by atoms with Crippen LogP contribution in [0.25, 0.3) is 0 Å². The van der Waals surface area contributed by atoms with Crippen LogP contribution in [0.4, 0.5) is 4.39 Å². The number of ether oxygens (including phenoxy) is 1. The molecule has 0 bridgehead atoms. The lowest BCUT2D eigenvalue weighted by Gasteiger charge is -2.38. The summed E-state index contributed by atoms with van der Waals surface area (Å²) in [7, 11) is 0. The Morgan fingerprint density at radius 2 is 1.89 bits per heavy atom. The molecular formula is C30H37FN2O3. The van der Waals surface area contributed by atoms with E-state index >= 15 is 0 Å². The molecule has 192 valence electrons. The van der Waals surface area contributed by atoms with Crippen molar-refractivity contribution in [3.8, 4) is 5.75 Å². The van der Waals surface area contributed by atoms with Crippen molar-refractivity contribution in [2.24, 2.45) is 0 Å². The van der Waals surface area contributed by atoms with Crippen LogP contribution in [0.1, 0.15) is 75.1 Å². The van der Waals surface area contributed by atoms with Crippen molar-refractivity contribution in [2.75, 3.05) is 13.1 Å². The molecule has 0 saturated heterocycles.